The molecule has 1 N–H and O–H groups in total. The lowest BCUT2D eigenvalue weighted by molar-refractivity contribution is -0.112. The molecule has 0 saturated carbocycles. The van der Waals surface area contributed by atoms with E-state index in [0.29, 0.717) is 5.69 Å². The van der Waals surface area contributed by atoms with Gasteiger partial charge in [-0.25, -0.2) is 0 Å². The summed E-state index contributed by atoms with van der Waals surface area (Å²) in [5.41, 5.74) is 0.377. The fraction of sp³-hybridized carbons (Fsp3) is 0.222. The molecule has 0 spiro atoms. The Morgan fingerprint density at radius 3 is 2.79 bits per heavy atom. The lowest BCUT2D eigenvalue weighted by Crippen LogP contribution is -2.15. The van der Waals surface area contributed by atoms with Crippen LogP contribution in [0.1, 0.15) is 19.0 Å². The summed E-state index contributed by atoms with van der Waals surface area (Å²) in [6.45, 7) is 1.70. The van der Waals surface area contributed by atoms with Gasteiger partial charge in [0, 0.05) is 17.1 Å². The van der Waals surface area contributed by atoms with Gasteiger partial charge in [-0.05, 0) is 28.1 Å². The number of Topliss-reactive ketones (excluding diaryl/α,β-unsaturated/α-hetero) is 1. The van der Waals surface area contributed by atoms with Crippen molar-refractivity contribution in [2.75, 3.05) is 0 Å². The van der Waals surface area contributed by atoms with Crippen molar-refractivity contribution in [1.29, 1.82) is 0 Å². The minimum atomic E-state index is -0.234. The molecule has 4 nitrogen and oxygen atoms in total. The van der Waals surface area contributed by atoms with Crippen LogP contribution in [0.4, 0.5) is 0 Å². The van der Waals surface area contributed by atoms with Crippen LogP contribution < -0.4 is 0 Å². The van der Waals surface area contributed by atoms with Crippen molar-refractivity contribution in [2.24, 2.45) is 5.16 Å². The Morgan fingerprint density at radius 2 is 2.36 bits per heavy atom. The summed E-state index contributed by atoms with van der Waals surface area (Å²) in [5.74, 6) is -0.234. The van der Waals surface area contributed by atoms with Gasteiger partial charge in [0.05, 0.1) is 5.69 Å². The second-order valence-corrected chi connectivity index (χ2v) is 3.50. The lowest BCUT2D eigenvalue weighted by Gasteiger charge is -2.00. The maximum Gasteiger partial charge on any atom is 0.186 e. The summed E-state index contributed by atoms with van der Waals surface area (Å²) in [4.78, 5) is 15.2. The Labute approximate surface area is 89.8 Å². The Kier molecular flexibility index (Phi) is 3.76. The van der Waals surface area contributed by atoms with Crippen molar-refractivity contribution in [2.45, 2.75) is 13.3 Å². The first kappa shape index (κ1) is 10.8. The monoisotopic (exact) mass is 256 g/mol. The largest absolute Gasteiger partial charge is 0.410 e. The number of carbonyl (C=O) groups excluding carboxylic acids is 1. The molecule has 1 aromatic rings. The van der Waals surface area contributed by atoms with Gasteiger partial charge in [-0.2, -0.15) is 0 Å². The average molecular weight is 257 g/mol. The minimum absolute atomic E-state index is 0.000000000000000444. The van der Waals surface area contributed by atoms with Crippen molar-refractivity contribution >= 4 is 27.4 Å². The zero-order valence-corrected chi connectivity index (χ0v) is 9.15. The predicted molar refractivity (Wildman–Crippen MR) is 55.6 cm³/mol. The third-order valence-electron chi connectivity index (χ3n) is 1.66. The number of hydrogen-bond acceptors (Lipinski definition) is 4. The van der Waals surface area contributed by atoms with Crippen LogP contribution in [0.5, 0.6) is 0 Å². The molecule has 0 aromatic carbocycles. The zero-order valence-electron chi connectivity index (χ0n) is 7.57. The van der Waals surface area contributed by atoms with Crippen LogP contribution in [0.25, 0.3) is 0 Å². The SMILES string of the molecule is CCC(=O)/C(=N\O)c1ccc(Br)cn1. The Bertz CT molecular complexity index is 360. The van der Waals surface area contributed by atoms with Crippen molar-refractivity contribution in [3.05, 3.63) is 28.5 Å². The van der Waals surface area contributed by atoms with Crippen LogP contribution in [-0.4, -0.2) is 21.7 Å². The second kappa shape index (κ2) is 4.85. The first-order chi connectivity index (χ1) is 6.69. The molecule has 0 fully saturated rings. The number of rotatable bonds is 3. The number of halogens is 1. The van der Waals surface area contributed by atoms with Crippen LogP contribution in [0.3, 0.4) is 0 Å². The van der Waals surface area contributed by atoms with Crippen molar-refractivity contribution in [3.8, 4) is 0 Å². The smallest absolute Gasteiger partial charge is 0.186 e. The molecule has 1 rings (SSSR count). The van der Waals surface area contributed by atoms with E-state index >= 15 is 0 Å². The number of pyridine rings is 1. The summed E-state index contributed by atoms with van der Waals surface area (Å²) in [5, 5.41) is 11.6. The minimum Gasteiger partial charge on any atom is -0.410 e. The van der Waals surface area contributed by atoms with Crippen LogP contribution in [0.15, 0.2) is 28.0 Å². The van der Waals surface area contributed by atoms with Gasteiger partial charge in [-0.3, -0.25) is 9.78 Å². The van der Waals surface area contributed by atoms with E-state index in [1.165, 1.54) is 0 Å². The third-order valence-corrected chi connectivity index (χ3v) is 2.12. The molecule has 5 heteroatoms. The van der Waals surface area contributed by atoms with Crippen LogP contribution in [-0.2, 0) is 4.79 Å². The van der Waals surface area contributed by atoms with E-state index in [9.17, 15) is 4.79 Å². The number of ketones is 1. The summed E-state index contributed by atoms with van der Waals surface area (Å²) in [7, 11) is 0. The van der Waals surface area contributed by atoms with E-state index in [-0.39, 0.29) is 17.9 Å². The fourth-order valence-corrected chi connectivity index (χ4v) is 1.17. The number of nitrogens with zero attached hydrogens (tertiary/aromatic N) is 2. The first-order valence-corrected chi connectivity index (χ1v) is 4.85. The van der Waals surface area contributed by atoms with E-state index in [4.69, 9.17) is 5.21 Å². The Hall–Kier alpha value is -1.23. The first-order valence-electron chi connectivity index (χ1n) is 4.06. The number of carbonyl (C=O) groups is 1. The van der Waals surface area contributed by atoms with E-state index in [1.807, 2.05) is 0 Å². The highest BCUT2D eigenvalue weighted by molar-refractivity contribution is 9.10. The highest BCUT2D eigenvalue weighted by Crippen LogP contribution is 2.08. The van der Waals surface area contributed by atoms with Crippen LogP contribution >= 0.6 is 15.9 Å². The standard InChI is InChI=1S/C9H9BrN2O2/c1-2-8(13)9(12-14)7-4-3-6(10)5-11-7/h3-5,14H,2H2,1H3/b12-9-. The normalized spacial score (nSPS) is 11.4. The van der Waals surface area contributed by atoms with Crippen molar-refractivity contribution in [3.63, 3.8) is 0 Å². The molecule has 0 radical (unpaired) electrons. The second-order valence-electron chi connectivity index (χ2n) is 2.59. The maximum atomic E-state index is 11.3. The zero-order chi connectivity index (χ0) is 10.6. The molecule has 74 valence electrons. The van der Waals surface area contributed by atoms with Gasteiger partial charge < -0.3 is 5.21 Å². The van der Waals surface area contributed by atoms with Crippen molar-refractivity contribution < 1.29 is 10.0 Å². The number of hydrogen-bond donors (Lipinski definition) is 1. The Balaban J connectivity index is 3.03. The quantitative estimate of drug-likeness (QED) is 0.511. The van der Waals surface area contributed by atoms with E-state index < -0.39 is 0 Å². The molecule has 1 heterocycles. The third kappa shape index (κ3) is 2.38. The molecule has 0 amide bonds. The van der Waals surface area contributed by atoms with E-state index in [0.717, 1.165) is 4.47 Å². The van der Waals surface area contributed by atoms with Gasteiger partial charge in [0.1, 0.15) is 0 Å². The molecule has 0 atom stereocenters. The van der Waals surface area contributed by atoms with Gasteiger partial charge in [0.25, 0.3) is 0 Å². The van der Waals surface area contributed by atoms with Gasteiger partial charge in [-0.15, -0.1) is 0 Å². The highest BCUT2D eigenvalue weighted by atomic mass is 79.9. The summed E-state index contributed by atoms with van der Waals surface area (Å²) >= 11 is 3.22. The molecular formula is C9H9BrN2O2. The Morgan fingerprint density at radius 1 is 1.64 bits per heavy atom. The van der Waals surface area contributed by atoms with E-state index in [2.05, 4.69) is 26.1 Å². The number of oxime groups is 1. The van der Waals surface area contributed by atoms with Crippen molar-refractivity contribution in [1.82, 2.24) is 4.98 Å². The van der Waals surface area contributed by atoms with Crippen LogP contribution in [0.2, 0.25) is 0 Å². The van der Waals surface area contributed by atoms with E-state index in [1.54, 1.807) is 25.3 Å². The van der Waals surface area contributed by atoms with Crippen LogP contribution in [0, 0.1) is 0 Å². The lowest BCUT2D eigenvalue weighted by atomic mass is 10.1. The predicted octanol–water partition coefficient (Wildman–Crippen LogP) is 2.00. The molecule has 0 saturated heterocycles. The van der Waals surface area contributed by atoms with Gasteiger partial charge in [-0.1, -0.05) is 12.1 Å². The number of aromatic nitrogens is 1. The highest BCUT2D eigenvalue weighted by Gasteiger charge is 2.13. The van der Waals surface area contributed by atoms with Gasteiger partial charge in [0.15, 0.2) is 11.5 Å². The summed E-state index contributed by atoms with van der Waals surface area (Å²) in [6, 6.07) is 3.35. The average Bonchev–Trinajstić information content (AvgIpc) is 2.21. The fourth-order valence-electron chi connectivity index (χ4n) is 0.933. The molecule has 0 bridgehead atoms. The van der Waals surface area contributed by atoms with Gasteiger partial charge >= 0.3 is 0 Å². The topological polar surface area (TPSA) is 62.5 Å². The summed E-state index contributed by atoms with van der Waals surface area (Å²) in [6.07, 6.45) is 1.83. The molecule has 0 aliphatic rings. The molecule has 1 aromatic heterocycles. The molecular weight excluding hydrogens is 248 g/mol. The van der Waals surface area contributed by atoms with Gasteiger partial charge in [0.2, 0.25) is 0 Å². The maximum absolute atomic E-state index is 11.3. The molecule has 0 aliphatic heterocycles. The summed E-state index contributed by atoms with van der Waals surface area (Å²) < 4.78 is 0.808. The molecule has 14 heavy (non-hydrogen) atoms. The molecule has 0 aliphatic carbocycles. The molecule has 0 unspecified atom stereocenters.